The van der Waals surface area contributed by atoms with Crippen molar-refractivity contribution in [1.29, 1.82) is 0 Å². The van der Waals surface area contributed by atoms with Crippen LogP contribution in [0.3, 0.4) is 0 Å². The molecule has 6 heteroatoms. The number of aryl methyl sites for hydroxylation is 2. The zero-order valence-electron chi connectivity index (χ0n) is 19.0. The van der Waals surface area contributed by atoms with E-state index in [2.05, 4.69) is 66.1 Å². The summed E-state index contributed by atoms with van der Waals surface area (Å²) in [5.41, 5.74) is 5.86. The first-order chi connectivity index (χ1) is 15.6. The van der Waals surface area contributed by atoms with Crippen LogP contribution < -0.4 is 15.4 Å². The third-order valence-corrected chi connectivity index (χ3v) is 5.28. The van der Waals surface area contributed by atoms with Crippen molar-refractivity contribution in [2.45, 2.75) is 13.8 Å². The van der Waals surface area contributed by atoms with Crippen molar-refractivity contribution in [3.63, 3.8) is 0 Å². The van der Waals surface area contributed by atoms with Gasteiger partial charge in [0.1, 0.15) is 0 Å². The zero-order chi connectivity index (χ0) is 22.3. The van der Waals surface area contributed by atoms with Gasteiger partial charge in [0.2, 0.25) is 0 Å². The van der Waals surface area contributed by atoms with Gasteiger partial charge in [-0.1, -0.05) is 30.3 Å². The summed E-state index contributed by atoms with van der Waals surface area (Å²) in [5.74, 6) is 5.52. The van der Waals surface area contributed by atoms with E-state index in [4.69, 9.17) is 0 Å². The molecular weight excluding hydrogens is 583 g/mol. The van der Waals surface area contributed by atoms with Gasteiger partial charge in [0.05, 0.1) is 6.71 Å². The molecule has 0 fully saturated rings. The first-order valence-electron chi connectivity index (χ1n) is 10.7. The van der Waals surface area contributed by atoms with Gasteiger partial charge in [-0.2, -0.15) is 43.2 Å². The fourth-order valence-electron chi connectivity index (χ4n) is 3.67. The van der Waals surface area contributed by atoms with Gasteiger partial charge >= 0.3 is 20.1 Å². The van der Waals surface area contributed by atoms with E-state index in [1.807, 2.05) is 90.8 Å². The van der Waals surface area contributed by atoms with Crippen molar-refractivity contribution in [2.24, 2.45) is 0 Å². The maximum Gasteiger partial charge on any atom is 3.00 e. The van der Waals surface area contributed by atoms with Crippen molar-refractivity contribution in [3.8, 4) is 0 Å². The van der Waals surface area contributed by atoms with Gasteiger partial charge in [-0.15, -0.1) is 11.7 Å². The van der Waals surface area contributed by atoms with Crippen LogP contribution in [0.2, 0.25) is 0 Å². The molecule has 3 heterocycles. The topological polar surface area (TPSA) is 22.6 Å². The molecule has 2 aliphatic heterocycles. The standard InChI is InChI=1S/C17H16BN2.C10H10N2.Ir/c1-14-6-5-7-15(2)17(14)20-12-9-18(10-13-20)16-8-3-4-11-19-16;1-11-7-8-12(9-11)10-5-3-2-4-6-10;/h3-9,11-13H,1-2H3;2-5,7-9H,1H3;/q-1;-2;+3. The third-order valence-electron chi connectivity index (χ3n) is 5.28. The van der Waals surface area contributed by atoms with Gasteiger partial charge in [0, 0.05) is 11.9 Å². The van der Waals surface area contributed by atoms with E-state index in [1.165, 1.54) is 16.8 Å². The first kappa shape index (κ1) is 24.6. The average Bonchev–Trinajstić information content (AvgIpc) is 3.27. The molecule has 3 aromatic rings. The number of hydrogen-bond donors (Lipinski definition) is 0. The maximum atomic E-state index is 4.38. The van der Waals surface area contributed by atoms with E-state index in [0.717, 1.165) is 11.3 Å². The fraction of sp³-hybridized carbons (Fsp3) is 0.111. The molecule has 5 rings (SSSR count). The number of aromatic nitrogens is 1. The number of pyridine rings is 1. The molecule has 0 saturated carbocycles. The van der Waals surface area contributed by atoms with E-state index in [1.54, 1.807) is 0 Å². The Balaban J connectivity index is 0.000000202. The molecule has 0 saturated heterocycles. The van der Waals surface area contributed by atoms with Crippen LogP contribution in [0, 0.1) is 32.6 Å². The molecule has 0 N–H and O–H groups in total. The van der Waals surface area contributed by atoms with Crippen LogP contribution in [-0.4, -0.2) is 23.6 Å². The van der Waals surface area contributed by atoms with Crippen molar-refractivity contribution >= 4 is 23.7 Å². The Hall–Kier alpha value is -3.08. The van der Waals surface area contributed by atoms with Gasteiger partial charge < -0.3 is 20.7 Å². The largest absolute Gasteiger partial charge is 3.00 e. The summed E-state index contributed by atoms with van der Waals surface area (Å²) in [7, 11) is 2.00. The number of hydrogen-bond acceptors (Lipinski definition) is 4. The van der Waals surface area contributed by atoms with Gasteiger partial charge in [-0.3, -0.25) is 4.98 Å². The second-order valence-corrected chi connectivity index (χ2v) is 7.75. The quantitative estimate of drug-likeness (QED) is 0.319. The summed E-state index contributed by atoms with van der Waals surface area (Å²) < 4.78 is 0. The predicted octanol–water partition coefficient (Wildman–Crippen LogP) is 4.66. The van der Waals surface area contributed by atoms with Crippen molar-refractivity contribution in [1.82, 2.24) is 9.88 Å². The number of nitrogens with zero attached hydrogens (tertiary/aromatic N) is 4. The SMILES string of the molecule is CN1C=CN(c2[c-]cccc2)[CH-]1.Cc1cccc(C)c1N1C=[C-]B(c2ccccn2)C=C1.[Ir+3]. The molecule has 0 unspecified atom stereocenters. The second-order valence-electron chi connectivity index (χ2n) is 7.75. The molecule has 0 aliphatic carbocycles. The number of rotatable bonds is 3. The Morgan fingerprint density at radius 2 is 1.70 bits per heavy atom. The Morgan fingerprint density at radius 3 is 2.27 bits per heavy atom. The molecule has 1 aromatic heterocycles. The van der Waals surface area contributed by atoms with Crippen LogP contribution in [0.4, 0.5) is 11.4 Å². The van der Waals surface area contributed by atoms with E-state index in [0.29, 0.717) is 0 Å². The van der Waals surface area contributed by atoms with Crippen LogP contribution in [0.5, 0.6) is 0 Å². The minimum atomic E-state index is 0. The molecule has 0 spiro atoms. The first-order valence-corrected chi connectivity index (χ1v) is 10.7. The van der Waals surface area contributed by atoms with Gasteiger partial charge in [-0.25, -0.2) is 0 Å². The summed E-state index contributed by atoms with van der Waals surface area (Å²) in [4.78, 5) is 10.5. The Kier molecular flexibility index (Phi) is 8.70. The maximum absolute atomic E-state index is 4.38. The molecule has 33 heavy (non-hydrogen) atoms. The van der Waals surface area contributed by atoms with Gasteiger partial charge in [-0.05, 0) is 62.3 Å². The number of benzene rings is 2. The molecule has 0 amide bonds. The minimum absolute atomic E-state index is 0. The number of para-hydroxylation sites is 2. The summed E-state index contributed by atoms with van der Waals surface area (Å²) in [6.45, 7) is 6.41. The summed E-state index contributed by atoms with van der Waals surface area (Å²) in [6.07, 6.45) is 9.94. The average molecular weight is 610 g/mol. The predicted molar refractivity (Wildman–Crippen MR) is 134 cm³/mol. The smallest absolute Gasteiger partial charge is 0.510 e. The van der Waals surface area contributed by atoms with E-state index in [-0.39, 0.29) is 26.8 Å². The summed E-state index contributed by atoms with van der Waals surface area (Å²) in [6, 6.07) is 23.4. The van der Waals surface area contributed by atoms with E-state index >= 15 is 0 Å². The van der Waals surface area contributed by atoms with E-state index < -0.39 is 0 Å². The zero-order valence-corrected chi connectivity index (χ0v) is 21.4. The molecule has 2 aromatic carbocycles. The summed E-state index contributed by atoms with van der Waals surface area (Å²) in [5, 5.41) is 0. The minimum Gasteiger partial charge on any atom is -0.510 e. The molecule has 166 valence electrons. The van der Waals surface area contributed by atoms with Crippen LogP contribution in [0.15, 0.2) is 97.6 Å². The fourth-order valence-corrected chi connectivity index (χ4v) is 3.67. The molecule has 2 aliphatic rings. The molecular formula is C27H26BIrN4. The van der Waals surface area contributed by atoms with Crippen LogP contribution in [0.25, 0.3) is 0 Å². The van der Waals surface area contributed by atoms with Gasteiger partial charge in [0.15, 0.2) is 0 Å². The Bertz CT molecular complexity index is 1080. The normalized spacial score (nSPS) is 14.2. The van der Waals surface area contributed by atoms with E-state index in [9.17, 15) is 0 Å². The van der Waals surface area contributed by atoms with Crippen LogP contribution in [-0.2, 0) is 20.1 Å². The second kappa shape index (κ2) is 11.7. The number of anilines is 2. The van der Waals surface area contributed by atoms with Crippen LogP contribution in [0.1, 0.15) is 11.1 Å². The van der Waals surface area contributed by atoms with Crippen molar-refractivity contribution < 1.29 is 20.1 Å². The van der Waals surface area contributed by atoms with Crippen molar-refractivity contribution in [3.05, 3.63) is 127 Å². The Morgan fingerprint density at radius 1 is 0.909 bits per heavy atom. The monoisotopic (exact) mass is 610 g/mol. The van der Waals surface area contributed by atoms with Crippen LogP contribution >= 0.6 is 0 Å². The summed E-state index contributed by atoms with van der Waals surface area (Å²) >= 11 is 0. The third kappa shape index (κ3) is 6.25. The molecule has 0 bridgehead atoms. The van der Waals surface area contributed by atoms with Crippen molar-refractivity contribution in [2.75, 3.05) is 16.8 Å². The Labute approximate surface area is 211 Å². The molecule has 0 radical (unpaired) electrons. The van der Waals surface area contributed by atoms with Gasteiger partial charge in [0.25, 0.3) is 0 Å². The molecule has 4 nitrogen and oxygen atoms in total. The molecule has 0 atom stereocenters.